The smallest absolute Gasteiger partial charge is 0.0639 e. The van der Waals surface area contributed by atoms with Crippen LogP contribution in [0, 0.1) is 5.92 Å². The molecule has 0 spiro atoms. The molecule has 2 heteroatoms. The van der Waals surface area contributed by atoms with E-state index in [0.717, 1.165) is 12.5 Å². The third-order valence-corrected chi connectivity index (χ3v) is 3.49. The Morgan fingerprint density at radius 1 is 1.27 bits per heavy atom. The molecule has 84 valence electrons. The molecule has 1 aliphatic carbocycles. The molecule has 0 radical (unpaired) electrons. The lowest BCUT2D eigenvalue weighted by molar-refractivity contribution is -0.102. The zero-order valence-electron chi connectivity index (χ0n) is 9.83. The average molecular weight is 207 g/mol. The second-order valence-electron chi connectivity index (χ2n) is 4.60. The molecule has 1 aliphatic heterocycles. The van der Waals surface area contributed by atoms with Crippen molar-refractivity contribution < 1.29 is 4.84 Å². The van der Waals surface area contributed by atoms with Gasteiger partial charge in [-0.05, 0) is 25.8 Å². The van der Waals surface area contributed by atoms with Gasteiger partial charge in [0.1, 0.15) is 0 Å². The van der Waals surface area contributed by atoms with E-state index in [1.165, 1.54) is 43.4 Å². The highest BCUT2D eigenvalue weighted by atomic mass is 16.7. The second-order valence-corrected chi connectivity index (χ2v) is 4.60. The third-order valence-electron chi connectivity index (χ3n) is 3.49. The van der Waals surface area contributed by atoms with Gasteiger partial charge >= 0.3 is 0 Å². The Hall–Kier alpha value is -0.760. The normalized spacial score (nSPS) is 23.7. The molecule has 2 rings (SSSR count). The standard InChI is InChI=1S/C13H21NO/c1-11-8-9-14(15-2)13(10-11)12-6-4-3-5-7-12/h8,10,12H,3-7,9H2,1-2H3. The van der Waals surface area contributed by atoms with Crippen molar-refractivity contribution >= 4 is 0 Å². The fourth-order valence-corrected chi connectivity index (χ4v) is 2.60. The van der Waals surface area contributed by atoms with Crippen molar-refractivity contribution in [3.63, 3.8) is 0 Å². The third kappa shape index (κ3) is 2.43. The van der Waals surface area contributed by atoms with Gasteiger partial charge in [0.2, 0.25) is 0 Å². The summed E-state index contributed by atoms with van der Waals surface area (Å²) in [5.41, 5.74) is 2.78. The lowest BCUT2D eigenvalue weighted by Gasteiger charge is -2.34. The fourth-order valence-electron chi connectivity index (χ4n) is 2.60. The Morgan fingerprint density at radius 2 is 2.00 bits per heavy atom. The summed E-state index contributed by atoms with van der Waals surface area (Å²) in [6.45, 7) is 3.08. The molecule has 0 bridgehead atoms. The van der Waals surface area contributed by atoms with E-state index < -0.39 is 0 Å². The minimum absolute atomic E-state index is 0.724. The molecular formula is C13H21NO. The van der Waals surface area contributed by atoms with Crippen LogP contribution >= 0.6 is 0 Å². The summed E-state index contributed by atoms with van der Waals surface area (Å²) in [6.07, 6.45) is 11.3. The Morgan fingerprint density at radius 3 is 2.67 bits per heavy atom. The van der Waals surface area contributed by atoms with Crippen molar-refractivity contribution in [1.82, 2.24) is 5.06 Å². The predicted octanol–water partition coefficient (Wildman–Crippen LogP) is 3.27. The fraction of sp³-hybridized carbons (Fsp3) is 0.692. The molecule has 0 aromatic rings. The summed E-state index contributed by atoms with van der Waals surface area (Å²) in [5, 5.41) is 2.04. The first-order valence-electron chi connectivity index (χ1n) is 6.01. The maximum absolute atomic E-state index is 5.43. The number of hydrogen-bond acceptors (Lipinski definition) is 2. The predicted molar refractivity (Wildman–Crippen MR) is 62.1 cm³/mol. The van der Waals surface area contributed by atoms with Gasteiger partial charge in [0.15, 0.2) is 0 Å². The number of hydrogen-bond donors (Lipinski definition) is 0. The van der Waals surface area contributed by atoms with Gasteiger partial charge in [-0.2, -0.15) is 0 Å². The molecule has 2 nitrogen and oxygen atoms in total. The van der Waals surface area contributed by atoms with Crippen LogP contribution in [0.1, 0.15) is 39.0 Å². The number of hydroxylamine groups is 2. The maximum Gasteiger partial charge on any atom is 0.0639 e. The summed E-state index contributed by atoms with van der Waals surface area (Å²) >= 11 is 0. The van der Waals surface area contributed by atoms with Gasteiger partial charge in [0.25, 0.3) is 0 Å². The average Bonchev–Trinajstić information content (AvgIpc) is 2.30. The molecule has 15 heavy (non-hydrogen) atoms. The van der Waals surface area contributed by atoms with Crippen molar-refractivity contribution in [2.75, 3.05) is 13.7 Å². The van der Waals surface area contributed by atoms with Crippen LogP contribution in [0.5, 0.6) is 0 Å². The van der Waals surface area contributed by atoms with E-state index in [-0.39, 0.29) is 0 Å². The summed E-state index contributed by atoms with van der Waals surface area (Å²) in [6, 6.07) is 0. The van der Waals surface area contributed by atoms with E-state index in [9.17, 15) is 0 Å². The van der Waals surface area contributed by atoms with Crippen molar-refractivity contribution in [3.8, 4) is 0 Å². The van der Waals surface area contributed by atoms with Crippen LogP contribution in [0.3, 0.4) is 0 Å². The molecule has 0 aromatic heterocycles. The Kier molecular flexibility index (Phi) is 3.47. The zero-order valence-corrected chi connectivity index (χ0v) is 9.83. The first-order valence-corrected chi connectivity index (χ1v) is 6.01. The maximum atomic E-state index is 5.43. The van der Waals surface area contributed by atoms with Crippen LogP contribution in [0.2, 0.25) is 0 Å². The SMILES string of the molecule is CON1CC=C(C)C=C1C1CCCCC1. The number of rotatable bonds is 2. The summed E-state index contributed by atoms with van der Waals surface area (Å²) in [4.78, 5) is 5.43. The van der Waals surface area contributed by atoms with E-state index >= 15 is 0 Å². The van der Waals surface area contributed by atoms with Gasteiger partial charge in [-0.25, -0.2) is 0 Å². The highest BCUT2D eigenvalue weighted by molar-refractivity contribution is 5.26. The first-order chi connectivity index (χ1) is 7.31. The highest BCUT2D eigenvalue weighted by Crippen LogP contribution is 2.33. The van der Waals surface area contributed by atoms with Crippen LogP contribution < -0.4 is 0 Å². The minimum Gasteiger partial charge on any atom is -0.277 e. The van der Waals surface area contributed by atoms with Gasteiger partial charge in [-0.15, -0.1) is 0 Å². The number of allylic oxidation sites excluding steroid dienone is 3. The highest BCUT2D eigenvalue weighted by Gasteiger charge is 2.23. The van der Waals surface area contributed by atoms with E-state index in [0.29, 0.717) is 0 Å². The van der Waals surface area contributed by atoms with Crippen LogP contribution in [0.25, 0.3) is 0 Å². The Labute approximate surface area is 92.6 Å². The lowest BCUT2D eigenvalue weighted by Crippen LogP contribution is -2.30. The molecule has 0 unspecified atom stereocenters. The molecule has 2 aliphatic rings. The van der Waals surface area contributed by atoms with Crippen molar-refractivity contribution in [2.24, 2.45) is 5.92 Å². The van der Waals surface area contributed by atoms with E-state index in [2.05, 4.69) is 19.1 Å². The van der Waals surface area contributed by atoms with Crippen LogP contribution in [0.4, 0.5) is 0 Å². The van der Waals surface area contributed by atoms with Crippen LogP contribution in [0.15, 0.2) is 23.4 Å². The van der Waals surface area contributed by atoms with Crippen molar-refractivity contribution in [3.05, 3.63) is 23.4 Å². The van der Waals surface area contributed by atoms with E-state index in [4.69, 9.17) is 4.84 Å². The monoisotopic (exact) mass is 207 g/mol. The molecule has 1 heterocycles. The van der Waals surface area contributed by atoms with Crippen molar-refractivity contribution in [1.29, 1.82) is 0 Å². The zero-order chi connectivity index (χ0) is 10.7. The van der Waals surface area contributed by atoms with Crippen molar-refractivity contribution in [2.45, 2.75) is 39.0 Å². The van der Waals surface area contributed by atoms with E-state index in [1.54, 1.807) is 7.11 Å². The molecule has 0 saturated heterocycles. The molecular weight excluding hydrogens is 186 g/mol. The van der Waals surface area contributed by atoms with Crippen LogP contribution in [-0.4, -0.2) is 18.7 Å². The summed E-state index contributed by atoms with van der Waals surface area (Å²) in [5.74, 6) is 0.724. The quantitative estimate of drug-likeness (QED) is 0.689. The second kappa shape index (κ2) is 4.84. The van der Waals surface area contributed by atoms with E-state index in [1.807, 2.05) is 5.06 Å². The van der Waals surface area contributed by atoms with Gasteiger partial charge in [0, 0.05) is 11.6 Å². The molecule has 0 atom stereocenters. The molecule has 0 aromatic carbocycles. The number of nitrogens with zero attached hydrogens (tertiary/aromatic N) is 1. The summed E-state index contributed by atoms with van der Waals surface area (Å²) in [7, 11) is 1.77. The van der Waals surface area contributed by atoms with Gasteiger partial charge in [0.05, 0.1) is 13.7 Å². The summed E-state index contributed by atoms with van der Waals surface area (Å²) < 4.78 is 0. The molecule has 1 fully saturated rings. The lowest BCUT2D eigenvalue weighted by atomic mass is 9.85. The van der Waals surface area contributed by atoms with Gasteiger partial charge in [-0.1, -0.05) is 30.9 Å². The Balaban J connectivity index is 2.11. The largest absolute Gasteiger partial charge is 0.277 e. The van der Waals surface area contributed by atoms with Crippen LogP contribution in [-0.2, 0) is 4.84 Å². The molecule has 0 N–H and O–H groups in total. The Bertz CT molecular complexity index is 274. The van der Waals surface area contributed by atoms with Gasteiger partial charge in [-0.3, -0.25) is 9.90 Å². The first kappa shape index (κ1) is 10.7. The topological polar surface area (TPSA) is 12.5 Å². The minimum atomic E-state index is 0.724. The molecule has 1 saturated carbocycles. The molecule has 0 amide bonds. The van der Waals surface area contributed by atoms with Gasteiger partial charge < -0.3 is 0 Å².